The minimum atomic E-state index is -0.464. The number of fused-ring (bicyclic) bond motifs is 1. The molecule has 2 aliphatic rings. The minimum absolute atomic E-state index is 0.154. The lowest BCUT2D eigenvalue weighted by molar-refractivity contribution is 0.00578. The molecule has 0 bridgehead atoms. The first-order valence-electron chi connectivity index (χ1n) is 6.77. The first-order valence-corrected chi connectivity index (χ1v) is 6.77. The first kappa shape index (κ1) is 13.6. The van der Waals surface area contributed by atoms with Gasteiger partial charge in [0.1, 0.15) is 0 Å². The summed E-state index contributed by atoms with van der Waals surface area (Å²) in [4.78, 5) is 11.9. The molecule has 2 aliphatic heterocycles. The number of benzene rings is 1. The van der Waals surface area contributed by atoms with Crippen LogP contribution in [0.25, 0.3) is 0 Å². The SMILES string of the molecule is CC1(C)OB(c2cccc3c2CN(N)C3=O)OC1(C)C. The summed E-state index contributed by atoms with van der Waals surface area (Å²) in [6, 6.07) is 5.57. The molecule has 5 nitrogen and oxygen atoms in total. The van der Waals surface area contributed by atoms with E-state index in [2.05, 4.69) is 0 Å². The van der Waals surface area contributed by atoms with Crippen LogP contribution < -0.4 is 11.3 Å². The molecule has 0 unspecified atom stereocenters. The van der Waals surface area contributed by atoms with Crippen LogP contribution in [-0.4, -0.2) is 29.2 Å². The molecular weight excluding hydrogens is 255 g/mol. The molecular formula is C14H19BN2O3. The molecule has 1 aromatic rings. The van der Waals surface area contributed by atoms with E-state index in [0.29, 0.717) is 12.1 Å². The van der Waals surface area contributed by atoms with Crippen molar-refractivity contribution in [2.24, 2.45) is 5.84 Å². The summed E-state index contributed by atoms with van der Waals surface area (Å²) < 4.78 is 12.1. The van der Waals surface area contributed by atoms with Crippen LogP contribution in [0.15, 0.2) is 18.2 Å². The Morgan fingerprint density at radius 3 is 2.40 bits per heavy atom. The normalized spacial score (nSPS) is 23.4. The number of carbonyl (C=O) groups is 1. The quantitative estimate of drug-likeness (QED) is 0.467. The molecule has 2 N–H and O–H groups in total. The number of hydrogen-bond donors (Lipinski definition) is 1. The molecule has 1 aromatic carbocycles. The highest BCUT2D eigenvalue weighted by molar-refractivity contribution is 6.62. The van der Waals surface area contributed by atoms with Crippen molar-refractivity contribution in [1.29, 1.82) is 0 Å². The van der Waals surface area contributed by atoms with Crippen molar-refractivity contribution in [2.75, 3.05) is 0 Å². The third-order valence-corrected chi connectivity index (χ3v) is 4.54. The number of amides is 1. The zero-order chi connectivity index (χ0) is 14.7. The average Bonchev–Trinajstić information content (AvgIpc) is 2.74. The van der Waals surface area contributed by atoms with E-state index in [1.807, 2.05) is 39.8 Å². The van der Waals surface area contributed by atoms with Crippen molar-refractivity contribution >= 4 is 18.5 Å². The maximum atomic E-state index is 11.9. The van der Waals surface area contributed by atoms with Gasteiger partial charge in [-0.1, -0.05) is 12.1 Å². The predicted octanol–water partition coefficient (Wildman–Crippen LogP) is 0.815. The van der Waals surface area contributed by atoms with Crippen molar-refractivity contribution < 1.29 is 14.1 Å². The van der Waals surface area contributed by atoms with E-state index in [4.69, 9.17) is 15.2 Å². The molecule has 0 spiro atoms. The Balaban J connectivity index is 2.01. The lowest BCUT2D eigenvalue weighted by Crippen LogP contribution is -2.41. The van der Waals surface area contributed by atoms with Crippen molar-refractivity contribution in [3.05, 3.63) is 29.3 Å². The standard InChI is InChI=1S/C14H19BN2O3/c1-13(2)14(3,4)20-15(19-13)11-7-5-6-9-10(11)8-17(16)12(9)18/h5-7H,8,16H2,1-4H3. The van der Waals surface area contributed by atoms with Gasteiger partial charge in [0.2, 0.25) is 0 Å². The summed E-state index contributed by atoms with van der Waals surface area (Å²) >= 11 is 0. The van der Waals surface area contributed by atoms with Crippen LogP contribution in [0.1, 0.15) is 43.6 Å². The Bertz CT molecular complexity index is 570. The molecule has 0 radical (unpaired) electrons. The fourth-order valence-electron chi connectivity index (χ4n) is 2.57. The lowest BCUT2D eigenvalue weighted by Gasteiger charge is -2.32. The first-order chi connectivity index (χ1) is 9.23. The Kier molecular flexibility index (Phi) is 2.77. The molecule has 106 valence electrons. The van der Waals surface area contributed by atoms with E-state index in [-0.39, 0.29) is 5.91 Å². The van der Waals surface area contributed by atoms with Gasteiger partial charge < -0.3 is 9.31 Å². The molecule has 1 saturated heterocycles. The molecule has 0 saturated carbocycles. The highest BCUT2D eigenvalue weighted by Gasteiger charge is 2.52. The monoisotopic (exact) mass is 274 g/mol. The summed E-state index contributed by atoms with van der Waals surface area (Å²) in [6.45, 7) is 8.44. The zero-order valence-corrected chi connectivity index (χ0v) is 12.3. The van der Waals surface area contributed by atoms with Gasteiger partial charge >= 0.3 is 7.12 Å². The molecule has 0 aromatic heterocycles. The van der Waals surface area contributed by atoms with E-state index in [1.54, 1.807) is 6.07 Å². The van der Waals surface area contributed by atoms with Gasteiger partial charge in [-0.05, 0) is 44.8 Å². The fourth-order valence-corrected chi connectivity index (χ4v) is 2.57. The van der Waals surface area contributed by atoms with Crippen molar-refractivity contribution in [2.45, 2.75) is 45.4 Å². The Morgan fingerprint density at radius 2 is 1.80 bits per heavy atom. The summed E-state index contributed by atoms with van der Waals surface area (Å²) in [5, 5.41) is 1.22. The second kappa shape index (κ2) is 4.07. The molecule has 3 rings (SSSR count). The topological polar surface area (TPSA) is 64.8 Å². The second-order valence-corrected chi connectivity index (χ2v) is 6.39. The van der Waals surface area contributed by atoms with E-state index >= 15 is 0 Å². The van der Waals surface area contributed by atoms with Crippen molar-refractivity contribution in [3.8, 4) is 0 Å². The third kappa shape index (κ3) is 1.79. The maximum absolute atomic E-state index is 11.9. The fraction of sp³-hybridized carbons (Fsp3) is 0.500. The number of hydrazine groups is 1. The second-order valence-electron chi connectivity index (χ2n) is 6.39. The van der Waals surface area contributed by atoms with Gasteiger partial charge in [-0.25, -0.2) is 5.84 Å². The third-order valence-electron chi connectivity index (χ3n) is 4.54. The van der Waals surface area contributed by atoms with Crippen LogP contribution >= 0.6 is 0 Å². The number of nitrogens with two attached hydrogens (primary N) is 1. The molecule has 20 heavy (non-hydrogen) atoms. The van der Waals surface area contributed by atoms with Gasteiger partial charge in [-0.15, -0.1) is 0 Å². The van der Waals surface area contributed by atoms with Crippen LogP contribution in [0.5, 0.6) is 0 Å². The van der Waals surface area contributed by atoms with Gasteiger partial charge in [-0.2, -0.15) is 0 Å². The molecule has 6 heteroatoms. The summed E-state index contributed by atoms with van der Waals surface area (Å²) in [7, 11) is -0.464. The van der Waals surface area contributed by atoms with Gasteiger partial charge in [0.25, 0.3) is 5.91 Å². The molecule has 1 fully saturated rings. The van der Waals surface area contributed by atoms with Crippen molar-refractivity contribution in [3.63, 3.8) is 0 Å². The van der Waals surface area contributed by atoms with E-state index in [1.165, 1.54) is 5.01 Å². The van der Waals surface area contributed by atoms with Crippen LogP contribution in [0.3, 0.4) is 0 Å². The lowest BCUT2D eigenvalue weighted by atomic mass is 9.75. The van der Waals surface area contributed by atoms with Crippen LogP contribution in [0.2, 0.25) is 0 Å². The summed E-state index contributed by atoms with van der Waals surface area (Å²) in [5.74, 6) is 5.55. The molecule has 0 atom stereocenters. The highest BCUT2D eigenvalue weighted by Crippen LogP contribution is 2.37. The van der Waals surface area contributed by atoms with Crippen molar-refractivity contribution in [1.82, 2.24) is 5.01 Å². The summed E-state index contributed by atoms with van der Waals surface area (Å²) in [6.07, 6.45) is 0. The molecule has 0 aliphatic carbocycles. The molecule has 2 heterocycles. The van der Waals surface area contributed by atoms with Gasteiger partial charge in [0.15, 0.2) is 0 Å². The maximum Gasteiger partial charge on any atom is 0.495 e. The van der Waals surface area contributed by atoms with E-state index in [0.717, 1.165) is 11.0 Å². The van der Waals surface area contributed by atoms with Gasteiger partial charge in [-0.3, -0.25) is 9.80 Å². The Labute approximate surface area is 119 Å². The summed E-state index contributed by atoms with van der Waals surface area (Å²) in [5.41, 5.74) is 1.64. The minimum Gasteiger partial charge on any atom is -0.399 e. The van der Waals surface area contributed by atoms with E-state index < -0.39 is 18.3 Å². The van der Waals surface area contributed by atoms with Crippen LogP contribution in [0.4, 0.5) is 0 Å². The largest absolute Gasteiger partial charge is 0.495 e. The van der Waals surface area contributed by atoms with Gasteiger partial charge in [0.05, 0.1) is 17.7 Å². The smallest absolute Gasteiger partial charge is 0.399 e. The highest BCUT2D eigenvalue weighted by atomic mass is 16.7. The molecule has 1 amide bonds. The van der Waals surface area contributed by atoms with E-state index in [9.17, 15) is 4.79 Å². The number of carbonyl (C=O) groups excluding carboxylic acids is 1. The van der Waals surface area contributed by atoms with Gasteiger partial charge in [0, 0.05) is 5.56 Å². The zero-order valence-electron chi connectivity index (χ0n) is 12.3. The predicted molar refractivity (Wildman–Crippen MR) is 76.2 cm³/mol. The average molecular weight is 274 g/mol. The number of nitrogens with zero attached hydrogens (tertiary/aromatic N) is 1. The van der Waals surface area contributed by atoms with Crippen LogP contribution in [0, 0.1) is 0 Å². The number of rotatable bonds is 1. The Hall–Kier alpha value is -1.37. The Morgan fingerprint density at radius 1 is 1.20 bits per heavy atom. The number of hydrogen-bond acceptors (Lipinski definition) is 4. The van der Waals surface area contributed by atoms with Crippen LogP contribution in [-0.2, 0) is 15.9 Å².